The smallest absolute Gasteiger partial charge is 0.389 e. The van der Waals surface area contributed by atoms with Crippen molar-refractivity contribution in [3.8, 4) is 22.9 Å². The second kappa shape index (κ2) is 9.05. The molecule has 3 aromatic carbocycles. The summed E-state index contributed by atoms with van der Waals surface area (Å²) >= 11 is 0. The molecule has 1 amide bonds. The number of amides is 1. The molecule has 38 heavy (non-hydrogen) atoms. The number of alkyl halides is 3. The van der Waals surface area contributed by atoms with Gasteiger partial charge < -0.3 is 10.1 Å². The Morgan fingerprint density at radius 3 is 2.63 bits per heavy atom. The highest BCUT2D eigenvalue weighted by Crippen LogP contribution is 2.48. The van der Waals surface area contributed by atoms with E-state index in [2.05, 4.69) is 35.7 Å². The number of nitriles is 1. The summed E-state index contributed by atoms with van der Waals surface area (Å²) in [4.78, 5) is 13.2. The first kappa shape index (κ1) is 24.3. The molecule has 3 aliphatic rings. The van der Waals surface area contributed by atoms with Crippen molar-refractivity contribution in [1.82, 2.24) is 5.32 Å². The number of fused-ring (bicyclic) bond motifs is 5. The van der Waals surface area contributed by atoms with Crippen LogP contribution in [0, 0.1) is 11.3 Å². The fourth-order valence-electron chi connectivity index (χ4n) is 6.14. The lowest BCUT2D eigenvalue weighted by Gasteiger charge is -2.37. The van der Waals surface area contributed by atoms with Crippen molar-refractivity contribution in [2.45, 2.75) is 50.2 Å². The number of ether oxygens (including phenoxy) is 1. The van der Waals surface area contributed by atoms with Crippen LogP contribution in [-0.4, -0.2) is 18.7 Å². The average molecular weight is 515 g/mol. The van der Waals surface area contributed by atoms with Gasteiger partial charge in [-0.1, -0.05) is 48.5 Å². The van der Waals surface area contributed by atoms with Crippen LogP contribution < -0.4 is 10.1 Å². The summed E-state index contributed by atoms with van der Waals surface area (Å²) in [6.45, 7) is -0.0131. The number of halogens is 3. The van der Waals surface area contributed by atoms with Gasteiger partial charge in [0.1, 0.15) is 17.4 Å². The minimum Gasteiger partial charge on any atom is -0.494 e. The van der Waals surface area contributed by atoms with Crippen LogP contribution in [0.15, 0.2) is 66.2 Å². The second-order valence-electron chi connectivity index (χ2n) is 10.3. The molecule has 1 heterocycles. The molecule has 1 N–H and O–H groups in total. The molecule has 0 aromatic heterocycles. The molecule has 0 saturated heterocycles. The van der Waals surface area contributed by atoms with Crippen LogP contribution >= 0.6 is 0 Å². The molecule has 0 saturated carbocycles. The topological polar surface area (TPSA) is 62.1 Å². The van der Waals surface area contributed by atoms with Crippen molar-refractivity contribution < 1.29 is 22.7 Å². The first-order valence-corrected chi connectivity index (χ1v) is 12.8. The zero-order chi connectivity index (χ0) is 26.5. The van der Waals surface area contributed by atoms with Crippen LogP contribution in [0.1, 0.15) is 53.5 Å². The predicted molar refractivity (Wildman–Crippen MR) is 137 cm³/mol. The molecular formula is C31H25F3N2O2. The van der Waals surface area contributed by atoms with E-state index in [4.69, 9.17) is 4.74 Å². The summed E-state index contributed by atoms with van der Waals surface area (Å²) in [5, 5.41) is 13.0. The Bertz CT molecular complexity index is 1530. The van der Waals surface area contributed by atoms with Crippen molar-refractivity contribution in [3.63, 3.8) is 0 Å². The number of benzene rings is 3. The number of nitrogens with zero attached hydrogens (tertiary/aromatic N) is 1. The Labute approximate surface area is 218 Å². The van der Waals surface area contributed by atoms with Gasteiger partial charge in [0, 0.05) is 12.8 Å². The zero-order valence-electron chi connectivity index (χ0n) is 20.6. The number of carbonyl (C=O) groups excluding carboxylic acids is 1. The van der Waals surface area contributed by atoms with E-state index in [1.807, 2.05) is 30.3 Å². The Morgan fingerprint density at radius 2 is 1.82 bits per heavy atom. The molecule has 6 rings (SSSR count). The second-order valence-corrected chi connectivity index (χ2v) is 10.3. The molecule has 1 spiro atoms. The first-order valence-electron chi connectivity index (χ1n) is 12.8. The van der Waals surface area contributed by atoms with Gasteiger partial charge in [-0.2, -0.15) is 18.4 Å². The average Bonchev–Trinajstić information content (AvgIpc) is 3.43. The van der Waals surface area contributed by atoms with E-state index in [1.54, 1.807) is 6.07 Å². The maximum absolute atomic E-state index is 13.2. The van der Waals surface area contributed by atoms with Gasteiger partial charge >= 0.3 is 6.18 Å². The van der Waals surface area contributed by atoms with Crippen molar-refractivity contribution in [3.05, 3.63) is 94.1 Å². The lowest BCUT2D eigenvalue weighted by molar-refractivity contribution is -0.136. The summed E-state index contributed by atoms with van der Waals surface area (Å²) in [6.07, 6.45) is -2.49. The maximum Gasteiger partial charge on any atom is 0.389 e. The summed E-state index contributed by atoms with van der Waals surface area (Å²) < 4.78 is 42.8. The number of rotatable bonds is 5. The fourth-order valence-corrected chi connectivity index (χ4v) is 6.14. The molecule has 0 unspecified atom stereocenters. The van der Waals surface area contributed by atoms with Crippen molar-refractivity contribution >= 4 is 11.5 Å². The number of nitrogens with one attached hydrogen (secondary N) is 1. The normalized spacial score (nSPS) is 19.6. The highest BCUT2D eigenvalue weighted by atomic mass is 19.4. The number of hydrogen-bond acceptors (Lipinski definition) is 3. The summed E-state index contributed by atoms with van der Waals surface area (Å²) in [7, 11) is 0. The zero-order valence-corrected chi connectivity index (χ0v) is 20.6. The van der Waals surface area contributed by atoms with Gasteiger partial charge in [-0.05, 0) is 82.3 Å². The Morgan fingerprint density at radius 1 is 1.00 bits per heavy atom. The molecule has 3 aromatic rings. The lowest BCUT2D eigenvalue weighted by Crippen LogP contribution is -2.48. The lowest BCUT2D eigenvalue weighted by atomic mass is 9.78. The van der Waals surface area contributed by atoms with Crippen LogP contribution in [0.4, 0.5) is 13.2 Å². The third-order valence-corrected chi connectivity index (χ3v) is 7.90. The van der Waals surface area contributed by atoms with Gasteiger partial charge in [0.15, 0.2) is 0 Å². The van der Waals surface area contributed by atoms with E-state index in [1.165, 1.54) is 22.3 Å². The van der Waals surface area contributed by atoms with E-state index in [0.29, 0.717) is 25.0 Å². The van der Waals surface area contributed by atoms with Crippen LogP contribution in [0.3, 0.4) is 0 Å². The Balaban J connectivity index is 1.27. The molecule has 0 fully saturated rings. The third kappa shape index (κ3) is 4.24. The minimum absolute atomic E-state index is 0.0131. The van der Waals surface area contributed by atoms with Crippen molar-refractivity contribution in [2.24, 2.45) is 0 Å². The summed E-state index contributed by atoms with van der Waals surface area (Å²) in [5.74, 6) is 0.148. The molecule has 1 aliphatic heterocycles. The molecule has 0 radical (unpaired) electrons. The summed E-state index contributed by atoms with van der Waals surface area (Å²) in [5.41, 5.74) is 7.98. The van der Waals surface area contributed by atoms with Crippen LogP contribution in [0.2, 0.25) is 0 Å². The fraction of sp³-hybridized carbons (Fsp3) is 0.290. The van der Waals surface area contributed by atoms with Crippen LogP contribution in [0.25, 0.3) is 16.7 Å². The van der Waals surface area contributed by atoms with Gasteiger partial charge in [0.05, 0.1) is 12.1 Å². The van der Waals surface area contributed by atoms with Crippen molar-refractivity contribution in [2.75, 3.05) is 6.61 Å². The quantitative estimate of drug-likeness (QED) is 0.305. The Hall–Kier alpha value is -4.05. The molecule has 1 atom stereocenters. The molecule has 7 heteroatoms. The van der Waals surface area contributed by atoms with Crippen LogP contribution in [0.5, 0.6) is 5.75 Å². The van der Waals surface area contributed by atoms with Gasteiger partial charge in [0.2, 0.25) is 0 Å². The largest absolute Gasteiger partial charge is 0.494 e. The van der Waals surface area contributed by atoms with E-state index in [-0.39, 0.29) is 24.5 Å². The minimum atomic E-state index is -4.19. The molecule has 0 bridgehead atoms. The van der Waals surface area contributed by atoms with Crippen LogP contribution in [-0.2, 0) is 23.2 Å². The maximum atomic E-state index is 13.2. The molecule has 4 nitrogen and oxygen atoms in total. The SMILES string of the molecule is N#CC1=C(c2ccc3c(c2)Cc2ccccc2-3)C[C@]2(CCc3cc(OCCCC(F)(F)F)ccc32)NC1=O. The number of carbonyl (C=O) groups is 1. The highest BCUT2D eigenvalue weighted by Gasteiger charge is 2.45. The number of aryl methyl sites for hydroxylation is 1. The predicted octanol–water partition coefficient (Wildman–Crippen LogP) is 6.62. The monoisotopic (exact) mass is 514 g/mol. The first-order chi connectivity index (χ1) is 18.3. The summed E-state index contributed by atoms with van der Waals surface area (Å²) in [6, 6.07) is 22.2. The van der Waals surface area contributed by atoms with E-state index >= 15 is 0 Å². The van der Waals surface area contributed by atoms with Gasteiger partial charge in [-0.15, -0.1) is 0 Å². The van der Waals surface area contributed by atoms with Gasteiger partial charge in [-0.3, -0.25) is 4.79 Å². The van der Waals surface area contributed by atoms with Gasteiger partial charge in [0.25, 0.3) is 5.91 Å². The Kier molecular flexibility index (Phi) is 5.79. The van der Waals surface area contributed by atoms with E-state index < -0.39 is 18.1 Å². The number of hydrogen-bond donors (Lipinski definition) is 1. The molecular weight excluding hydrogens is 489 g/mol. The van der Waals surface area contributed by atoms with E-state index in [0.717, 1.165) is 28.7 Å². The van der Waals surface area contributed by atoms with Gasteiger partial charge in [-0.25, -0.2) is 0 Å². The molecule has 192 valence electrons. The highest BCUT2D eigenvalue weighted by molar-refractivity contribution is 6.07. The van der Waals surface area contributed by atoms with E-state index in [9.17, 15) is 23.2 Å². The standard InChI is InChI=1S/C31H25F3N2O2/c32-31(33,34)11-3-13-38-23-7-9-28-21(16-23)10-12-30(28)17-26(27(18-35)29(37)36-30)20-6-8-25-22(15-20)14-19-4-1-2-5-24(19)25/h1-2,4-9,15-16H,3,10-14,17H2,(H,36,37)/t30-/m0/s1. The third-order valence-electron chi connectivity index (χ3n) is 7.90. The van der Waals surface area contributed by atoms with Crippen molar-refractivity contribution in [1.29, 1.82) is 5.26 Å². The molecule has 2 aliphatic carbocycles.